The molecule has 1 rings (SSSR count). The molecule has 4 nitrogen and oxygen atoms in total. The first kappa shape index (κ1) is 16.3. The van der Waals surface area contributed by atoms with Gasteiger partial charge in [0.25, 0.3) is 0 Å². The van der Waals surface area contributed by atoms with Crippen LogP contribution in [0, 0.1) is 0 Å². The lowest BCUT2D eigenvalue weighted by atomic mass is 10.1. The van der Waals surface area contributed by atoms with Crippen molar-refractivity contribution in [2.75, 3.05) is 13.7 Å². The van der Waals surface area contributed by atoms with E-state index in [1.54, 1.807) is 0 Å². The van der Waals surface area contributed by atoms with Gasteiger partial charge in [-0.25, -0.2) is 4.79 Å². The number of alkyl halides is 3. The van der Waals surface area contributed by atoms with Crippen LogP contribution in [0.3, 0.4) is 0 Å². The highest BCUT2D eigenvalue weighted by molar-refractivity contribution is 5.77. The third kappa shape index (κ3) is 5.08. The molecule has 0 radical (unpaired) electrons. The summed E-state index contributed by atoms with van der Waals surface area (Å²) >= 11 is 0. The number of esters is 1. The topological polar surface area (TPSA) is 47.6 Å². The molecular weight excluding hydrogens is 275 g/mol. The van der Waals surface area contributed by atoms with Crippen LogP contribution in [0.5, 0.6) is 5.75 Å². The highest BCUT2D eigenvalue weighted by atomic mass is 19.4. The van der Waals surface area contributed by atoms with Gasteiger partial charge in [-0.3, -0.25) is 0 Å². The molecule has 7 heteroatoms. The molecule has 1 aromatic rings. The van der Waals surface area contributed by atoms with Crippen LogP contribution in [-0.4, -0.2) is 26.0 Å². The number of methoxy groups -OCH3 is 1. The Morgan fingerprint density at radius 1 is 1.40 bits per heavy atom. The van der Waals surface area contributed by atoms with Gasteiger partial charge in [-0.1, -0.05) is 19.1 Å². The molecule has 1 N–H and O–H groups in total. The molecule has 0 saturated heterocycles. The highest BCUT2D eigenvalue weighted by Gasteiger charge is 2.31. The van der Waals surface area contributed by atoms with Crippen molar-refractivity contribution < 1.29 is 27.4 Å². The lowest BCUT2D eigenvalue weighted by Gasteiger charge is -2.17. The van der Waals surface area contributed by atoms with Gasteiger partial charge >= 0.3 is 12.3 Å². The molecule has 112 valence electrons. The smallest absolute Gasteiger partial charge is 0.468 e. The highest BCUT2D eigenvalue weighted by Crippen LogP contribution is 2.26. The molecule has 0 amide bonds. The molecule has 0 fully saturated rings. The standard InChI is InChI=1S/C13H16F3NO3/c1-3-7-17-11(12(18)19-2)9-5-4-6-10(8-9)20-13(14,15)16/h4-6,8,11,17H,3,7H2,1-2H3. The fourth-order valence-corrected chi connectivity index (χ4v) is 1.64. The monoisotopic (exact) mass is 291 g/mol. The Kier molecular flexibility index (Phi) is 5.82. The summed E-state index contributed by atoms with van der Waals surface area (Å²) in [6.45, 7) is 2.44. The average molecular weight is 291 g/mol. The summed E-state index contributed by atoms with van der Waals surface area (Å²) in [5.41, 5.74) is 0.354. The molecular formula is C13H16F3NO3. The van der Waals surface area contributed by atoms with Crippen LogP contribution in [0.4, 0.5) is 13.2 Å². The molecule has 0 bridgehead atoms. The number of benzene rings is 1. The largest absolute Gasteiger partial charge is 0.573 e. The number of rotatable bonds is 6. The molecule has 0 aromatic heterocycles. The molecule has 0 heterocycles. The molecule has 0 aliphatic carbocycles. The van der Waals surface area contributed by atoms with Crippen molar-refractivity contribution in [3.8, 4) is 5.75 Å². The minimum Gasteiger partial charge on any atom is -0.468 e. The quantitative estimate of drug-likeness (QED) is 0.819. The van der Waals surface area contributed by atoms with Gasteiger partial charge in [0, 0.05) is 0 Å². The molecule has 1 aromatic carbocycles. The van der Waals surface area contributed by atoms with E-state index in [9.17, 15) is 18.0 Å². The number of nitrogens with one attached hydrogen (secondary N) is 1. The van der Waals surface area contributed by atoms with Crippen LogP contribution in [0.2, 0.25) is 0 Å². The van der Waals surface area contributed by atoms with Crippen LogP contribution in [0.1, 0.15) is 24.9 Å². The second-order valence-corrected chi connectivity index (χ2v) is 4.03. The van der Waals surface area contributed by atoms with E-state index < -0.39 is 18.4 Å². The minimum atomic E-state index is -4.77. The lowest BCUT2D eigenvalue weighted by molar-refractivity contribution is -0.274. The zero-order valence-electron chi connectivity index (χ0n) is 11.2. The van der Waals surface area contributed by atoms with Crippen molar-refractivity contribution in [2.24, 2.45) is 0 Å². The van der Waals surface area contributed by atoms with E-state index in [-0.39, 0.29) is 5.75 Å². The summed E-state index contributed by atoms with van der Waals surface area (Å²) < 4.78 is 45.0. The minimum absolute atomic E-state index is 0.354. The maximum absolute atomic E-state index is 12.2. The third-order valence-electron chi connectivity index (χ3n) is 2.46. The number of carbonyl (C=O) groups is 1. The molecule has 0 aliphatic rings. The van der Waals surface area contributed by atoms with Gasteiger partial charge in [0.05, 0.1) is 7.11 Å². The number of hydrogen-bond acceptors (Lipinski definition) is 4. The maximum Gasteiger partial charge on any atom is 0.573 e. The van der Waals surface area contributed by atoms with Gasteiger partial charge in [-0.2, -0.15) is 0 Å². The first-order valence-electron chi connectivity index (χ1n) is 6.04. The van der Waals surface area contributed by atoms with Gasteiger partial charge in [0.2, 0.25) is 0 Å². The Labute approximate surface area is 114 Å². The van der Waals surface area contributed by atoms with Crippen LogP contribution >= 0.6 is 0 Å². The van der Waals surface area contributed by atoms with E-state index >= 15 is 0 Å². The Hall–Kier alpha value is -1.76. The summed E-state index contributed by atoms with van der Waals surface area (Å²) in [5.74, 6) is -0.940. The summed E-state index contributed by atoms with van der Waals surface area (Å²) in [6, 6.07) is 4.44. The summed E-state index contributed by atoms with van der Waals surface area (Å²) in [6.07, 6.45) is -4.00. The fraction of sp³-hybridized carbons (Fsp3) is 0.462. The Morgan fingerprint density at radius 3 is 2.65 bits per heavy atom. The maximum atomic E-state index is 12.2. The molecule has 0 spiro atoms. The predicted molar refractivity (Wildman–Crippen MR) is 66.2 cm³/mol. The van der Waals surface area contributed by atoms with Crippen molar-refractivity contribution in [1.82, 2.24) is 5.32 Å². The summed E-state index contributed by atoms with van der Waals surface area (Å²) in [7, 11) is 1.22. The van der Waals surface area contributed by atoms with E-state index in [1.807, 2.05) is 6.92 Å². The van der Waals surface area contributed by atoms with Gasteiger partial charge in [0.1, 0.15) is 11.8 Å². The molecule has 1 unspecified atom stereocenters. The van der Waals surface area contributed by atoms with Gasteiger partial charge < -0.3 is 14.8 Å². The first-order chi connectivity index (χ1) is 9.37. The Morgan fingerprint density at radius 2 is 2.10 bits per heavy atom. The van der Waals surface area contributed by atoms with Crippen molar-refractivity contribution in [3.63, 3.8) is 0 Å². The number of halogens is 3. The van der Waals surface area contributed by atoms with Crippen molar-refractivity contribution in [2.45, 2.75) is 25.7 Å². The molecule has 0 saturated carbocycles. The predicted octanol–water partition coefficient (Wildman–Crippen LogP) is 2.80. The van der Waals surface area contributed by atoms with Gasteiger partial charge in [-0.15, -0.1) is 13.2 Å². The van der Waals surface area contributed by atoms with E-state index in [0.29, 0.717) is 12.1 Å². The molecule has 1 atom stereocenters. The van der Waals surface area contributed by atoms with Crippen LogP contribution in [0.25, 0.3) is 0 Å². The molecule has 0 aliphatic heterocycles. The third-order valence-corrected chi connectivity index (χ3v) is 2.46. The van der Waals surface area contributed by atoms with Crippen molar-refractivity contribution in [1.29, 1.82) is 0 Å². The summed E-state index contributed by atoms with van der Waals surface area (Å²) in [4.78, 5) is 11.7. The zero-order chi connectivity index (χ0) is 15.2. The zero-order valence-corrected chi connectivity index (χ0v) is 11.2. The van der Waals surface area contributed by atoms with Crippen LogP contribution < -0.4 is 10.1 Å². The van der Waals surface area contributed by atoms with E-state index in [0.717, 1.165) is 12.5 Å². The lowest BCUT2D eigenvalue weighted by Crippen LogP contribution is -2.30. The SMILES string of the molecule is CCCNC(C(=O)OC)c1cccc(OC(F)(F)F)c1. The first-order valence-corrected chi connectivity index (χ1v) is 6.04. The van der Waals surface area contributed by atoms with Crippen molar-refractivity contribution >= 4 is 5.97 Å². The van der Waals surface area contributed by atoms with Gasteiger partial charge in [-0.05, 0) is 30.7 Å². The number of carbonyl (C=O) groups excluding carboxylic acids is 1. The van der Waals surface area contributed by atoms with Gasteiger partial charge in [0.15, 0.2) is 0 Å². The Balaban J connectivity index is 2.95. The van der Waals surface area contributed by atoms with E-state index in [1.165, 1.54) is 25.3 Å². The second kappa shape index (κ2) is 7.14. The number of ether oxygens (including phenoxy) is 2. The van der Waals surface area contributed by atoms with Crippen LogP contribution in [0.15, 0.2) is 24.3 Å². The summed E-state index contributed by atoms with van der Waals surface area (Å²) in [5, 5.41) is 2.92. The fourth-order valence-electron chi connectivity index (χ4n) is 1.64. The second-order valence-electron chi connectivity index (χ2n) is 4.03. The van der Waals surface area contributed by atoms with E-state index in [2.05, 4.69) is 14.8 Å². The van der Waals surface area contributed by atoms with Crippen molar-refractivity contribution in [3.05, 3.63) is 29.8 Å². The number of hydrogen-bond donors (Lipinski definition) is 1. The Bertz CT molecular complexity index is 449. The normalized spacial score (nSPS) is 12.8. The van der Waals surface area contributed by atoms with Crippen LogP contribution in [-0.2, 0) is 9.53 Å². The van der Waals surface area contributed by atoms with E-state index in [4.69, 9.17) is 0 Å². The average Bonchev–Trinajstić information content (AvgIpc) is 2.37. The molecule has 20 heavy (non-hydrogen) atoms.